The maximum absolute atomic E-state index is 12.7. The van der Waals surface area contributed by atoms with Gasteiger partial charge in [-0.15, -0.1) is 0 Å². The van der Waals surface area contributed by atoms with Gasteiger partial charge in [0.1, 0.15) is 5.57 Å². The van der Waals surface area contributed by atoms with Gasteiger partial charge in [-0.05, 0) is 31.2 Å². The molecule has 2 heterocycles. The summed E-state index contributed by atoms with van der Waals surface area (Å²) >= 11 is 0. The molecule has 1 aliphatic rings. The molecule has 0 radical (unpaired) electrons. The van der Waals surface area contributed by atoms with Gasteiger partial charge in [0.15, 0.2) is 0 Å². The standard InChI is InChI=1S/C20H17N3O2/c1-2-22-13-14(16-10-6-7-11-18(16)22)12-17-19(24)21-23(20(17)25)15-8-4-3-5-9-15/h3-13H,2H2,1H3,(H,21,24)/b17-12-. The summed E-state index contributed by atoms with van der Waals surface area (Å²) in [6, 6.07) is 17.0. The summed E-state index contributed by atoms with van der Waals surface area (Å²) in [6.07, 6.45) is 3.65. The Morgan fingerprint density at radius 2 is 1.72 bits per heavy atom. The molecule has 25 heavy (non-hydrogen) atoms. The lowest BCUT2D eigenvalue weighted by Gasteiger charge is -2.13. The maximum Gasteiger partial charge on any atom is 0.282 e. The van der Waals surface area contributed by atoms with Crippen LogP contribution in [0.5, 0.6) is 0 Å². The van der Waals surface area contributed by atoms with Crippen LogP contribution in [-0.2, 0) is 16.1 Å². The molecule has 0 bridgehead atoms. The number of hydrogen-bond donors (Lipinski definition) is 1. The van der Waals surface area contributed by atoms with Crippen molar-refractivity contribution < 1.29 is 9.59 Å². The third-order valence-corrected chi connectivity index (χ3v) is 4.37. The molecule has 2 amide bonds. The van der Waals surface area contributed by atoms with E-state index in [0.717, 1.165) is 23.0 Å². The molecule has 0 unspecified atom stereocenters. The molecule has 1 N–H and O–H groups in total. The Morgan fingerprint density at radius 1 is 1.00 bits per heavy atom. The first kappa shape index (κ1) is 15.2. The lowest BCUT2D eigenvalue weighted by atomic mass is 10.1. The van der Waals surface area contributed by atoms with Crippen molar-refractivity contribution in [3.05, 3.63) is 71.9 Å². The van der Waals surface area contributed by atoms with Crippen LogP contribution in [0.3, 0.4) is 0 Å². The molecule has 0 saturated carbocycles. The van der Waals surface area contributed by atoms with Gasteiger partial charge in [0.05, 0.1) is 5.69 Å². The normalized spacial score (nSPS) is 16.0. The minimum Gasteiger partial charge on any atom is -0.347 e. The molecule has 0 spiro atoms. The molecular formula is C20H17N3O2. The summed E-state index contributed by atoms with van der Waals surface area (Å²) in [5.41, 5.74) is 5.36. The maximum atomic E-state index is 12.7. The monoisotopic (exact) mass is 331 g/mol. The number of para-hydroxylation sites is 2. The fourth-order valence-corrected chi connectivity index (χ4v) is 3.12. The van der Waals surface area contributed by atoms with E-state index in [1.54, 1.807) is 18.2 Å². The van der Waals surface area contributed by atoms with Crippen molar-refractivity contribution >= 4 is 34.5 Å². The van der Waals surface area contributed by atoms with Gasteiger partial charge < -0.3 is 4.57 Å². The summed E-state index contributed by atoms with van der Waals surface area (Å²) in [5.74, 6) is -0.730. The predicted octanol–water partition coefficient (Wildman–Crippen LogP) is 3.12. The highest BCUT2D eigenvalue weighted by molar-refractivity contribution is 6.32. The highest BCUT2D eigenvalue weighted by atomic mass is 16.2. The van der Waals surface area contributed by atoms with Crippen LogP contribution in [0.15, 0.2) is 66.4 Å². The number of nitrogens with one attached hydrogen (secondary N) is 1. The fourth-order valence-electron chi connectivity index (χ4n) is 3.12. The largest absolute Gasteiger partial charge is 0.347 e. The fraction of sp³-hybridized carbons (Fsp3) is 0.100. The number of benzene rings is 2. The topological polar surface area (TPSA) is 54.3 Å². The van der Waals surface area contributed by atoms with E-state index >= 15 is 0 Å². The van der Waals surface area contributed by atoms with Crippen LogP contribution in [0, 0.1) is 0 Å². The van der Waals surface area contributed by atoms with E-state index in [1.165, 1.54) is 5.01 Å². The molecule has 0 aliphatic carbocycles. The number of amides is 2. The number of fused-ring (bicyclic) bond motifs is 1. The summed E-state index contributed by atoms with van der Waals surface area (Å²) in [5, 5.41) is 2.31. The number of rotatable bonds is 3. The second-order valence-corrected chi connectivity index (χ2v) is 5.86. The molecule has 1 aromatic heterocycles. The third kappa shape index (κ3) is 2.50. The number of carbonyl (C=O) groups is 2. The number of aryl methyl sites for hydroxylation is 1. The Morgan fingerprint density at radius 3 is 2.48 bits per heavy atom. The third-order valence-electron chi connectivity index (χ3n) is 4.37. The Bertz CT molecular complexity index is 1000. The summed E-state index contributed by atoms with van der Waals surface area (Å²) in [4.78, 5) is 25.0. The lowest BCUT2D eigenvalue weighted by molar-refractivity contribution is -0.117. The van der Waals surface area contributed by atoms with Crippen LogP contribution < -0.4 is 10.4 Å². The van der Waals surface area contributed by atoms with Gasteiger partial charge in [0, 0.05) is 29.2 Å². The van der Waals surface area contributed by atoms with Gasteiger partial charge in [-0.25, -0.2) is 5.01 Å². The predicted molar refractivity (Wildman–Crippen MR) is 97.7 cm³/mol. The van der Waals surface area contributed by atoms with Gasteiger partial charge in [-0.2, -0.15) is 0 Å². The van der Waals surface area contributed by atoms with E-state index < -0.39 is 0 Å². The van der Waals surface area contributed by atoms with Crippen molar-refractivity contribution in [1.82, 2.24) is 9.99 Å². The Balaban J connectivity index is 1.77. The van der Waals surface area contributed by atoms with Gasteiger partial charge in [0.2, 0.25) is 0 Å². The molecule has 5 nitrogen and oxygen atoms in total. The number of carbonyl (C=O) groups excluding carboxylic acids is 2. The van der Waals surface area contributed by atoms with Gasteiger partial charge >= 0.3 is 0 Å². The van der Waals surface area contributed by atoms with E-state index in [-0.39, 0.29) is 17.4 Å². The molecule has 0 atom stereocenters. The van der Waals surface area contributed by atoms with Crippen LogP contribution in [0.2, 0.25) is 0 Å². The van der Waals surface area contributed by atoms with Crippen molar-refractivity contribution in [3.63, 3.8) is 0 Å². The van der Waals surface area contributed by atoms with E-state index in [0.29, 0.717) is 5.69 Å². The Hall–Kier alpha value is -3.34. The smallest absolute Gasteiger partial charge is 0.282 e. The van der Waals surface area contributed by atoms with Crippen molar-refractivity contribution in [1.29, 1.82) is 0 Å². The summed E-state index contributed by atoms with van der Waals surface area (Å²) < 4.78 is 2.11. The second kappa shape index (κ2) is 5.94. The molecule has 124 valence electrons. The zero-order valence-electron chi connectivity index (χ0n) is 13.8. The highest BCUT2D eigenvalue weighted by Gasteiger charge is 2.34. The van der Waals surface area contributed by atoms with Crippen molar-refractivity contribution in [2.24, 2.45) is 0 Å². The number of aromatic nitrogens is 1. The van der Waals surface area contributed by atoms with Gasteiger partial charge in [-0.3, -0.25) is 15.0 Å². The number of hydrogen-bond acceptors (Lipinski definition) is 2. The minimum atomic E-state index is -0.387. The van der Waals surface area contributed by atoms with Crippen molar-refractivity contribution in [3.8, 4) is 0 Å². The van der Waals surface area contributed by atoms with E-state index in [4.69, 9.17) is 0 Å². The quantitative estimate of drug-likeness (QED) is 0.592. The molecule has 2 aromatic carbocycles. The summed E-state index contributed by atoms with van der Waals surface area (Å²) in [7, 11) is 0. The van der Waals surface area contributed by atoms with Gasteiger partial charge in [-0.1, -0.05) is 36.4 Å². The van der Waals surface area contributed by atoms with E-state index in [2.05, 4.69) is 16.9 Å². The number of anilines is 1. The molecular weight excluding hydrogens is 314 g/mol. The Labute approximate surface area is 145 Å². The van der Waals surface area contributed by atoms with E-state index in [9.17, 15) is 9.59 Å². The average Bonchev–Trinajstić information content (AvgIpc) is 3.15. The molecule has 1 fully saturated rings. The zero-order valence-corrected chi connectivity index (χ0v) is 13.8. The number of hydrazine groups is 1. The van der Waals surface area contributed by atoms with Crippen LogP contribution in [0.25, 0.3) is 17.0 Å². The first-order valence-corrected chi connectivity index (χ1v) is 8.19. The number of nitrogens with zero attached hydrogens (tertiary/aromatic N) is 2. The van der Waals surface area contributed by atoms with Crippen LogP contribution in [-0.4, -0.2) is 16.4 Å². The Kier molecular flexibility index (Phi) is 3.61. The average molecular weight is 331 g/mol. The van der Waals surface area contributed by atoms with Crippen LogP contribution in [0.4, 0.5) is 5.69 Å². The van der Waals surface area contributed by atoms with Gasteiger partial charge in [0.25, 0.3) is 11.8 Å². The highest BCUT2D eigenvalue weighted by Crippen LogP contribution is 2.26. The van der Waals surface area contributed by atoms with Crippen LogP contribution in [0.1, 0.15) is 12.5 Å². The lowest BCUT2D eigenvalue weighted by Crippen LogP contribution is -2.35. The minimum absolute atomic E-state index is 0.142. The molecule has 1 aliphatic heterocycles. The molecule has 3 aromatic rings. The molecule has 1 saturated heterocycles. The van der Waals surface area contributed by atoms with Crippen molar-refractivity contribution in [2.75, 3.05) is 5.01 Å². The molecule has 4 rings (SSSR count). The second-order valence-electron chi connectivity index (χ2n) is 5.86. The summed E-state index contributed by atoms with van der Waals surface area (Å²) in [6.45, 7) is 2.88. The first-order chi connectivity index (χ1) is 12.2. The van der Waals surface area contributed by atoms with E-state index in [1.807, 2.05) is 48.7 Å². The molecule has 5 heteroatoms. The van der Waals surface area contributed by atoms with Crippen molar-refractivity contribution in [2.45, 2.75) is 13.5 Å². The van der Waals surface area contributed by atoms with Crippen LogP contribution >= 0.6 is 0 Å². The first-order valence-electron chi connectivity index (χ1n) is 8.19. The zero-order chi connectivity index (χ0) is 17.4. The SMILES string of the molecule is CCn1cc(/C=C2/C(=O)NN(c3ccccc3)C2=O)c2ccccc21.